The van der Waals surface area contributed by atoms with Gasteiger partial charge in [-0.15, -0.1) is 5.10 Å². The van der Waals surface area contributed by atoms with Crippen molar-refractivity contribution in [3.8, 4) is 22.9 Å². The molecule has 1 fully saturated rings. The zero-order valence-electron chi connectivity index (χ0n) is 23.9. The minimum Gasteiger partial charge on any atom is -0.492 e. The van der Waals surface area contributed by atoms with Crippen LogP contribution in [0.2, 0.25) is 0 Å². The lowest BCUT2D eigenvalue weighted by atomic mass is 9.90. The predicted molar refractivity (Wildman–Crippen MR) is 155 cm³/mol. The highest BCUT2D eigenvalue weighted by Gasteiger charge is 2.38. The van der Waals surface area contributed by atoms with Crippen LogP contribution in [0.3, 0.4) is 0 Å². The van der Waals surface area contributed by atoms with Crippen molar-refractivity contribution in [1.82, 2.24) is 30.0 Å². The van der Waals surface area contributed by atoms with Crippen molar-refractivity contribution in [3.63, 3.8) is 0 Å². The van der Waals surface area contributed by atoms with Gasteiger partial charge in [0.1, 0.15) is 6.04 Å². The fourth-order valence-corrected chi connectivity index (χ4v) is 6.55. The number of benzene rings is 3. The number of hydrogen-bond acceptors (Lipinski definition) is 8. The Morgan fingerprint density at radius 1 is 1.02 bits per heavy atom. The summed E-state index contributed by atoms with van der Waals surface area (Å²) >= 11 is 0. The molecule has 7 rings (SSSR count). The molecule has 4 aromatic rings. The minimum atomic E-state index is -0.281. The van der Waals surface area contributed by atoms with Crippen molar-refractivity contribution >= 4 is 5.91 Å². The van der Waals surface area contributed by atoms with E-state index < -0.39 is 0 Å². The Kier molecular flexibility index (Phi) is 6.99. The topological polar surface area (TPSA) is 94.8 Å². The minimum absolute atomic E-state index is 0.0409. The molecule has 10 heteroatoms. The molecule has 1 amide bonds. The molecular weight excluding hydrogens is 532 g/mol. The van der Waals surface area contributed by atoms with Crippen LogP contribution in [0.25, 0.3) is 5.69 Å². The molecule has 0 aliphatic carbocycles. The molecule has 4 heterocycles. The fraction of sp³-hybridized carbons (Fsp3) is 0.375. The highest BCUT2D eigenvalue weighted by molar-refractivity contribution is 5.94. The molecule has 0 bridgehead atoms. The Balaban J connectivity index is 1.14. The highest BCUT2D eigenvalue weighted by Crippen LogP contribution is 2.50. The zero-order chi connectivity index (χ0) is 28.6. The lowest BCUT2D eigenvalue weighted by Gasteiger charge is -2.34. The molecule has 1 atom stereocenters. The number of aromatic nitrogens is 4. The molecule has 10 nitrogen and oxygen atoms in total. The summed E-state index contributed by atoms with van der Waals surface area (Å²) in [7, 11) is 3.70. The quantitative estimate of drug-likeness (QED) is 0.345. The SMILES string of the molecule is COc1c2c(cc3c1C(c1nnnn1-c1cccc(C(=O)N4CCC(Cc5ccccc5)CC4)c1)N(C)CC3)OCO2. The largest absolute Gasteiger partial charge is 0.492 e. The zero-order valence-corrected chi connectivity index (χ0v) is 23.9. The number of carbonyl (C=O) groups excluding carboxylic acids is 1. The molecule has 1 aromatic heterocycles. The second-order valence-electron chi connectivity index (χ2n) is 11.3. The van der Waals surface area contributed by atoms with Crippen molar-refractivity contribution in [2.45, 2.75) is 31.7 Å². The monoisotopic (exact) mass is 566 g/mol. The van der Waals surface area contributed by atoms with E-state index >= 15 is 0 Å². The first-order chi connectivity index (χ1) is 20.6. The average Bonchev–Trinajstić information content (AvgIpc) is 3.71. The third kappa shape index (κ3) is 4.75. The Morgan fingerprint density at radius 3 is 2.67 bits per heavy atom. The second-order valence-corrected chi connectivity index (χ2v) is 11.3. The highest BCUT2D eigenvalue weighted by atomic mass is 16.7. The Hall–Kier alpha value is -4.44. The summed E-state index contributed by atoms with van der Waals surface area (Å²) in [6.07, 6.45) is 3.91. The van der Waals surface area contributed by atoms with Gasteiger partial charge in [0.25, 0.3) is 5.91 Å². The molecule has 0 N–H and O–H groups in total. The number of nitrogens with zero attached hydrogens (tertiary/aromatic N) is 6. The Labute approximate surface area is 244 Å². The Morgan fingerprint density at radius 2 is 1.86 bits per heavy atom. The van der Waals surface area contributed by atoms with Crippen LogP contribution in [0, 0.1) is 5.92 Å². The first-order valence-corrected chi connectivity index (χ1v) is 14.5. The summed E-state index contributed by atoms with van der Waals surface area (Å²) in [4.78, 5) is 17.8. The number of ether oxygens (including phenoxy) is 3. The summed E-state index contributed by atoms with van der Waals surface area (Å²) in [6.45, 7) is 2.50. The molecule has 216 valence electrons. The number of tetrazole rings is 1. The van der Waals surface area contributed by atoms with E-state index in [1.165, 1.54) is 5.56 Å². The van der Waals surface area contributed by atoms with Crippen LogP contribution in [-0.4, -0.2) is 76.5 Å². The van der Waals surface area contributed by atoms with E-state index in [0.29, 0.717) is 34.6 Å². The number of hydrogen-bond donors (Lipinski definition) is 0. The number of fused-ring (bicyclic) bond motifs is 2. The van der Waals surface area contributed by atoms with Crippen LogP contribution < -0.4 is 14.2 Å². The molecule has 0 saturated carbocycles. The van der Waals surface area contributed by atoms with Crippen LogP contribution in [0.15, 0.2) is 60.7 Å². The maximum atomic E-state index is 13.6. The number of amides is 1. The molecule has 0 radical (unpaired) electrons. The molecule has 1 unspecified atom stereocenters. The molecule has 1 saturated heterocycles. The van der Waals surface area contributed by atoms with Gasteiger partial charge in [-0.2, -0.15) is 4.68 Å². The van der Waals surface area contributed by atoms with Crippen LogP contribution >= 0.6 is 0 Å². The van der Waals surface area contributed by atoms with E-state index in [2.05, 4.69) is 57.8 Å². The summed E-state index contributed by atoms with van der Waals surface area (Å²) in [5.74, 6) is 3.23. The van der Waals surface area contributed by atoms with Gasteiger partial charge >= 0.3 is 0 Å². The molecule has 0 spiro atoms. The lowest BCUT2D eigenvalue weighted by Crippen LogP contribution is -2.39. The van der Waals surface area contributed by atoms with Gasteiger partial charge in [-0.3, -0.25) is 9.69 Å². The molecule has 3 aromatic carbocycles. The Bertz CT molecular complexity index is 1600. The maximum absolute atomic E-state index is 13.6. The molecule has 3 aliphatic heterocycles. The summed E-state index contributed by atoms with van der Waals surface area (Å²) in [6, 6.07) is 20.0. The average molecular weight is 567 g/mol. The first-order valence-electron chi connectivity index (χ1n) is 14.5. The van der Waals surface area contributed by atoms with Gasteiger partial charge in [0, 0.05) is 30.8 Å². The standard InChI is InChI=1S/C32H34N6O4/c1-36-14-13-23-19-26-29(42-20-41-26)30(40-2)27(23)28(36)31-33-34-35-38(31)25-10-6-9-24(18-25)32(39)37-15-11-22(12-16-37)17-21-7-4-3-5-8-21/h3-10,18-19,22,28H,11-17,20H2,1-2H3. The number of likely N-dealkylation sites (N-methyl/N-ethyl adjacent to an activating group) is 1. The number of rotatable bonds is 6. The summed E-state index contributed by atoms with van der Waals surface area (Å²) in [5, 5.41) is 12.9. The van der Waals surface area contributed by atoms with Crippen molar-refractivity contribution in [1.29, 1.82) is 0 Å². The van der Waals surface area contributed by atoms with E-state index in [0.717, 1.165) is 62.1 Å². The summed E-state index contributed by atoms with van der Waals surface area (Å²) in [5.41, 5.74) is 4.82. The van der Waals surface area contributed by atoms with Gasteiger partial charge in [-0.25, -0.2) is 0 Å². The number of methoxy groups -OCH3 is 1. The maximum Gasteiger partial charge on any atom is 0.253 e. The number of likely N-dealkylation sites (tertiary alicyclic amines) is 1. The van der Waals surface area contributed by atoms with E-state index in [9.17, 15) is 4.79 Å². The van der Waals surface area contributed by atoms with Gasteiger partial charge in [-0.05, 0) is 84.5 Å². The lowest BCUT2D eigenvalue weighted by molar-refractivity contribution is 0.0690. The van der Waals surface area contributed by atoms with Crippen molar-refractivity contribution in [2.75, 3.05) is 40.6 Å². The predicted octanol–water partition coefficient (Wildman–Crippen LogP) is 4.07. The van der Waals surface area contributed by atoms with Crippen molar-refractivity contribution < 1.29 is 19.0 Å². The van der Waals surface area contributed by atoms with E-state index in [1.54, 1.807) is 11.8 Å². The van der Waals surface area contributed by atoms with Gasteiger partial charge in [-0.1, -0.05) is 36.4 Å². The number of carbonyl (C=O) groups is 1. The van der Waals surface area contributed by atoms with E-state index in [1.807, 2.05) is 35.2 Å². The van der Waals surface area contributed by atoms with Gasteiger partial charge in [0.05, 0.1) is 12.8 Å². The van der Waals surface area contributed by atoms with Gasteiger partial charge in [0.2, 0.25) is 12.5 Å². The van der Waals surface area contributed by atoms with Gasteiger partial charge in [0.15, 0.2) is 17.3 Å². The molecule has 42 heavy (non-hydrogen) atoms. The van der Waals surface area contributed by atoms with Crippen LogP contribution in [0.5, 0.6) is 17.2 Å². The molecule has 3 aliphatic rings. The van der Waals surface area contributed by atoms with Crippen LogP contribution in [-0.2, 0) is 12.8 Å². The summed E-state index contributed by atoms with van der Waals surface area (Å²) < 4.78 is 19.0. The van der Waals surface area contributed by atoms with Crippen molar-refractivity contribution in [3.05, 3.63) is 88.7 Å². The smallest absolute Gasteiger partial charge is 0.253 e. The number of piperidine rings is 1. The van der Waals surface area contributed by atoms with Crippen molar-refractivity contribution in [2.24, 2.45) is 5.92 Å². The van der Waals surface area contributed by atoms with Gasteiger partial charge < -0.3 is 19.1 Å². The van der Waals surface area contributed by atoms with Crippen LogP contribution in [0.4, 0.5) is 0 Å². The third-order valence-corrected chi connectivity index (χ3v) is 8.74. The fourth-order valence-electron chi connectivity index (χ4n) is 6.55. The molecular formula is C32H34N6O4. The van der Waals surface area contributed by atoms with E-state index in [4.69, 9.17) is 14.2 Å². The first kappa shape index (κ1) is 26.5. The third-order valence-electron chi connectivity index (χ3n) is 8.74. The second kappa shape index (κ2) is 11.1. The van der Waals surface area contributed by atoms with E-state index in [-0.39, 0.29) is 18.7 Å². The van der Waals surface area contributed by atoms with Crippen LogP contribution in [0.1, 0.15) is 51.8 Å². The normalized spacial score (nSPS) is 18.6.